The number of anilines is 1. The Hall–Kier alpha value is -3.10. The molecule has 0 radical (unpaired) electrons. The Balaban J connectivity index is 1.46. The molecule has 1 saturated carbocycles. The zero-order chi connectivity index (χ0) is 19.2. The van der Waals surface area contributed by atoms with Gasteiger partial charge in [-0.3, -0.25) is 19.6 Å². The van der Waals surface area contributed by atoms with Crippen molar-refractivity contribution in [1.29, 1.82) is 0 Å². The van der Waals surface area contributed by atoms with E-state index in [0.717, 1.165) is 25.7 Å². The van der Waals surface area contributed by atoms with Crippen LogP contribution in [-0.4, -0.2) is 26.4 Å². The monoisotopic (exact) mass is 372 g/mol. The zero-order valence-electron chi connectivity index (χ0n) is 15.2. The zero-order valence-corrected chi connectivity index (χ0v) is 15.2. The summed E-state index contributed by atoms with van der Waals surface area (Å²) in [5, 5.41) is 17.9. The van der Waals surface area contributed by atoms with E-state index in [-0.39, 0.29) is 23.8 Å². The van der Waals surface area contributed by atoms with Gasteiger partial charge < -0.3 is 14.8 Å². The molecule has 0 atom stereocenters. The minimum absolute atomic E-state index is 0.0623. The Morgan fingerprint density at radius 3 is 2.67 bits per heavy atom. The van der Waals surface area contributed by atoms with Gasteiger partial charge in [0, 0.05) is 24.6 Å². The van der Waals surface area contributed by atoms with E-state index in [9.17, 15) is 14.9 Å². The van der Waals surface area contributed by atoms with Gasteiger partial charge in [0.1, 0.15) is 17.9 Å². The average Bonchev–Trinajstić information content (AvgIpc) is 3.26. The van der Waals surface area contributed by atoms with Gasteiger partial charge in [-0.05, 0) is 38.8 Å². The second-order valence-electron chi connectivity index (χ2n) is 6.97. The van der Waals surface area contributed by atoms with Crippen LogP contribution in [0.25, 0.3) is 0 Å². The smallest absolute Gasteiger partial charge is 0.312 e. The van der Waals surface area contributed by atoms with Crippen molar-refractivity contribution < 1.29 is 19.2 Å². The third-order valence-electron chi connectivity index (χ3n) is 5.00. The standard InChI is InChI=1S/C18H20N4O5/c1-11-17(22(24)25)12(2)21(20-11)10-16(23)19-13-5-6-14-15(9-13)27-18(26-14)7-3-4-8-18/h5-6,9H,3-4,7-8,10H2,1-2H3,(H,19,23). The molecule has 2 aromatic rings. The van der Waals surface area contributed by atoms with Crippen molar-refractivity contribution in [3.63, 3.8) is 0 Å². The second kappa shape index (κ2) is 6.26. The number of ether oxygens (including phenoxy) is 2. The van der Waals surface area contributed by atoms with E-state index in [1.807, 2.05) is 0 Å². The first-order chi connectivity index (χ1) is 12.9. The number of benzene rings is 1. The predicted octanol–water partition coefficient (Wildman–Crippen LogP) is 3.09. The molecule has 9 nitrogen and oxygen atoms in total. The number of aromatic nitrogens is 2. The van der Waals surface area contributed by atoms with E-state index in [2.05, 4.69) is 10.4 Å². The number of hydrogen-bond acceptors (Lipinski definition) is 6. The third-order valence-corrected chi connectivity index (χ3v) is 5.00. The van der Waals surface area contributed by atoms with E-state index in [1.165, 1.54) is 4.68 Å². The second-order valence-corrected chi connectivity index (χ2v) is 6.97. The molecule has 27 heavy (non-hydrogen) atoms. The van der Waals surface area contributed by atoms with Gasteiger partial charge in [-0.2, -0.15) is 5.10 Å². The van der Waals surface area contributed by atoms with Crippen LogP contribution >= 0.6 is 0 Å². The highest BCUT2D eigenvalue weighted by Crippen LogP contribution is 2.47. The molecular formula is C18H20N4O5. The summed E-state index contributed by atoms with van der Waals surface area (Å²) < 4.78 is 13.3. The van der Waals surface area contributed by atoms with Crippen LogP contribution in [0, 0.1) is 24.0 Å². The number of aryl methyl sites for hydroxylation is 1. The number of rotatable bonds is 4. The highest BCUT2D eigenvalue weighted by Gasteiger charge is 2.44. The summed E-state index contributed by atoms with van der Waals surface area (Å²) in [5.41, 5.74) is 1.15. The molecule has 1 spiro atoms. The van der Waals surface area contributed by atoms with Crippen LogP contribution in [0.1, 0.15) is 37.1 Å². The molecule has 1 amide bonds. The van der Waals surface area contributed by atoms with Crippen molar-refractivity contribution in [1.82, 2.24) is 9.78 Å². The van der Waals surface area contributed by atoms with Crippen molar-refractivity contribution >= 4 is 17.3 Å². The van der Waals surface area contributed by atoms with Crippen molar-refractivity contribution in [2.75, 3.05) is 5.32 Å². The van der Waals surface area contributed by atoms with Crippen LogP contribution in [-0.2, 0) is 11.3 Å². The minimum atomic E-state index is -0.548. The molecule has 0 unspecified atom stereocenters. The van der Waals surface area contributed by atoms with Crippen molar-refractivity contribution in [3.05, 3.63) is 39.7 Å². The molecule has 9 heteroatoms. The summed E-state index contributed by atoms with van der Waals surface area (Å²) in [6, 6.07) is 5.27. The topological polar surface area (TPSA) is 109 Å². The normalized spacial score (nSPS) is 16.7. The number of hydrogen-bond donors (Lipinski definition) is 1. The molecular weight excluding hydrogens is 352 g/mol. The van der Waals surface area contributed by atoms with E-state index < -0.39 is 10.7 Å². The lowest BCUT2D eigenvalue weighted by atomic mass is 10.2. The summed E-state index contributed by atoms with van der Waals surface area (Å²) in [7, 11) is 0. The lowest BCUT2D eigenvalue weighted by Gasteiger charge is -2.21. The maximum atomic E-state index is 12.4. The van der Waals surface area contributed by atoms with Gasteiger partial charge in [-0.25, -0.2) is 0 Å². The van der Waals surface area contributed by atoms with Crippen LogP contribution in [0.3, 0.4) is 0 Å². The van der Waals surface area contributed by atoms with Gasteiger partial charge in [-0.15, -0.1) is 0 Å². The van der Waals surface area contributed by atoms with Gasteiger partial charge in [0.25, 0.3) is 5.79 Å². The van der Waals surface area contributed by atoms with Crippen LogP contribution in [0.15, 0.2) is 18.2 Å². The Kier molecular flexibility index (Phi) is 4.01. The first-order valence-electron chi connectivity index (χ1n) is 8.87. The molecule has 2 aliphatic rings. The highest BCUT2D eigenvalue weighted by molar-refractivity contribution is 5.91. The quantitative estimate of drug-likeness (QED) is 0.652. The van der Waals surface area contributed by atoms with Crippen molar-refractivity contribution in [2.24, 2.45) is 0 Å². The van der Waals surface area contributed by atoms with E-state index in [0.29, 0.717) is 22.9 Å². The summed E-state index contributed by atoms with van der Waals surface area (Å²) in [6.07, 6.45) is 3.87. The summed E-state index contributed by atoms with van der Waals surface area (Å²) in [5.74, 6) is 0.429. The maximum Gasteiger partial charge on any atom is 0.312 e. The average molecular weight is 372 g/mol. The number of nitrogens with one attached hydrogen (secondary N) is 1. The van der Waals surface area contributed by atoms with E-state index in [4.69, 9.17) is 9.47 Å². The molecule has 0 saturated heterocycles. The number of nitro groups is 1. The lowest BCUT2D eigenvalue weighted by molar-refractivity contribution is -0.386. The van der Waals surface area contributed by atoms with Gasteiger partial charge in [-0.1, -0.05) is 0 Å². The van der Waals surface area contributed by atoms with Crippen molar-refractivity contribution in [3.8, 4) is 11.5 Å². The summed E-state index contributed by atoms with van der Waals surface area (Å²) in [6.45, 7) is 3.02. The van der Waals surface area contributed by atoms with Crippen molar-refractivity contribution in [2.45, 2.75) is 51.9 Å². The highest BCUT2D eigenvalue weighted by atomic mass is 16.7. The fourth-order valence-electron chi connectivity index (χ4n) is 3.73. The Labute approximate surface area is 155 Å². The summed E-state index contributed by atoms with van der Waals surface area (Å²) >= 11 is 0. The molecule has 1 aromatic carbocycles. The fourth-order valence-corrected chi connectivity index (χ4v) is 3.73. The molecule has 142 valence electrons. The number of nitrogens with zero attached hydrogens (tertiary/aromatic N) is 3. The van der Waals surface area contributed by atoms with Crippen LogP contribution in [0.2, 0.25) is 0 Å². The number of carbonyl (C=O) groups excluding carboxylic acids is 1. The molecule has 1 aliphatic carbocycles. The van der Waals surface area contributed by atoms with E-state index >= 15 is 0 Å². The number of carbonyl (C=O) groups is 1. The van der Waals surface area contributed by atoms with Gasteiger partial charge in [0.15, 0.2) is 11.5 Å². The lowest BCUT2D eigenvalue weighted by Crippen LogP contribution is -2.34. The maximum absolute atomic E-state index is 12.4. The first kappa shape index (κ1) is 17.3. The SMILES string of the molecule is Cc1nn(CC(=O)Nc2ccc3c(c2)OC2(CCCC2)O3)c(C)c1[N+](=O)[O-]. The Morgan fingerprint density at radius 2 is 2.00 bits per heavy atom. The number of amides is 1. The molecule has 1 aromatic heterocycles. The molecule has 1 aliphatic heterocycles. The number of fused-ring (bicyclic) bond motifs is 1. The van der Waals surface area contributed by atoms with Gasteiger partial charge >= 0.3 is 5.69 Å². The predicted molar refractivity (Wildman–Crippen MR) is 95.9 cm³/mol. The van der Waals surface area contributed by atoms with Crippen LogP contribution < -0.4 is 14.8 Å². The molecule has 4 rings (SSSR count). The van der Waals surface area contributed by atoms with Gasteiger partial charge in [0.05, 0.1) is 4.92 Å². The van der Waals surface area contributed by atoms with E-state index in [1.54, 1.807) is 32.0 Å². The largest absolute Gasteiger partial charge is 0.448 e. The van der Waals surface area contributed by atoms with Gasteiger partial charge in [0.2, 0.25) is 5.91 Å². The molecule has 2 heterocycles. The fraction of sp³-hybridized carbons (Fsp3) is 0.444. The Morgan fingerprint density at radius 1 is 1.30 bits per heavy atom. The molecule has 0 bridgehead atoms. The van der Waals surface area contributed by atoms with Crippen LogP contribution in [0.5, 0.6) is 11.5 Å². The third kappa shape index (κ3) is 3.09. The minimum Gasteiger partial charge on any atom is -0.448 e. The molecule has 1 N–H and O–H groups in total. The Bertz CT molecular complexity index is 930. The summed E-state index contributed by atoms with van der Waals surface area (Å²) in [4.78, 5) is 23.0. The first-order valence-corrected chi connectivity index (χ1v) is 8.87. The van der Waals surface area contributed by atoms with Crippen LogP contribution in [0.4, 0.5) is 11.4 Å². The molecule has 1 fully saturated rings.